The molecule has 34 heavy (non-hydrogen) atoms. The fraction of sp³-hybridized carbons (Fsp3) is 0.385. The number of para-hydroxylation sites is 1. The number of carboxylic acids is 1. The molecule has 3 N–H and O–H groups in total. The predicted molar refractivity (Wildman–Crippen MR) is 129 cm³/mol. The molecule has 3 heterocycles. The Hall–Kier alpha value is -3.70. The molecule has 3 unspecified atom stereocenters. The number of aromatic nitrogens is 2. The smallest absolute Gasteiger partial charge is 0.337 e. The Labute approximate surface area is 197 Å². The molecule has 3 fully saturated rings. The first-order chi connectivity index (χ1) is 16.4. The summed E-state index contributed by atoms with van der Waals surface area (Å²) in [6.07, 6.45) is 2.34. The summed E-state index contributed by atoms with van der Waals surface area (Å²) in [6.45, 7) is 4.60. The molecular formula is C26H27N5O3. The van der Waals surface area contributed by atoms with Gasteiger partial charge in [0.2, 0.25) is 0 Å². The van der Waals surface area contributed by atoms with Gasteiger partial charge in [-0.1, -0.05) is 18.2 Å². The highest BCUT2D eigenvalue weighted by Gasteiger charge is 2.41. The van der Waals surface area contributed by atoms with Crippen molar-refractivity contribution in [2.45, 2.75) is 51.3 Å². The molecule has 2 saturated heterocycles. The molecule has 0 amide bonds. The molecule has 1 aromatic heterocycles. The van der Waals surface area contributed by atoms with Gasteiger partial charge in [-0.15, -0.1) is 0 Å². The number of piperidine rings is 2. The minimum Gasteiger partial charge on any atom is -0.478 e. The summed E-state index contributed by atoms with van der Waals surface area (Å²) in [7, 11) is 0. The molecule has 174 valence electrons. The number of aliphatic hydroxyl groups is 1. The SMILES string of the molecule is Cc1cc([C@@H](C)Nc2ccccc2C(=O)O)c2nc(N3CC4CCC3CC4O)c(C#N)nc2c1. The highest BCUT2D eigenvalue weighted by molar-refractivity contribution is 5.94. The van der Waals surface area contributed by atoms with Crippen molar-refractivity contribution >= 4 is 28.5 Å². The van der Waals surface area contributed by atoms with Crippen LogP contribution in [-0.2, 0) is 0 Å². The molecule has 0 radical (unpaired) electrons. The summed E-state index contributed by atoms with van der Waals surface area (Å²) in [5.41, 5.74) is 4.22. The van der Waals surface area contributed by atoms with Crippen LogP contribution < -0.4 is 10.2 Å². The largest absolute Gasteiger partial charge is 0.478 e. The maximum atomic E-state index is 11.7. The van der Waals surface area contributed by atoms with Gasteiger partial charge in [0, 0.05) is 29.8 Å². The van der Waals surface area contributed by atoms with Crippen molar-refractivity contribution in [1.29, 1.82) is 5.26 Å². The third kappa shape index (κ3) is 3.82. The number of hydrogen-bond acceptors (Lipinski definition) is 7. The Bertz CT molecular complexity index is 1320. The first kappa shape index (κ1) is 22.1. The maximum absolute atomic E-state index is 11.7. The van der Waals surface area contributed by atoms with Crippen molar-refractivity contribution < 1.29 is 15.0 Å². The zero-order chi connectivity index (χ0) is 24.0. The number of aryl methyl sites for hydroxylation is 1. The number of nitriles is 1. The van der Waals surface area contributed by atoms with Crippen LogP contribution in [0.5, 0.6) is 0 Å². The predicted octanol–water partition coefficient (Wildman–Crippen LogP) is 4.03. The number of nitrogens with one attached hydrogen (secondary N) is 1. The number of nitrogens with zero attached hydrogens (tertiary/aromatic N) is 4. The summed E-state index contributed by atoms with van der Waals surface area (Å²) in [5, 5.41) is 33.1. The Morgan fingerprint density at radius 2 is 2.06 bits per heavy atom. The number of anilines is 2. The zero-order valence-corrected chi connectivity index (χ0v) is 19.2. The first-order valence-electron chi connectivity index (χ1n) is 11.6. The number of benzene rings is 2. The van der Waals surface area contributed by atoms with Gasteiger partial charge in [-0.3, -0.25) is 0 Å². The molecule has 4 atom stereocenters. The lowest BCUT2D eigenvalue weighted by atomic mass is 9.77. The zero-order valence-electron chi connectivity index (χ0n) is 19.2. The molecule has 8 nitrogen and oxygen atoms in total. The van der Waals surface area contributed by atoms with E-state index in [2.05, 4.69) is 21.3 Å². The van der Waals surface area contributed by atoms with Crippen molar-refractivity contribution in [3.05, 3.63) is 58.8 Å². The molecule has 1 saturated carbocycles. The number of aromatic carboxylic acids is 1. The van der Waals surface area contributed by atoms with Gasteiger partial charge in [0.15, 0.2) is 11.5 Å². The van der Waals surface area contributed by atoms with Gasteiger partial charge in [-0.2, -0.15) is 5.26 Å². The van der Waals surface area contributed by atoms with E-state index in [1.165, 1.54) is 0 Å². The number of carbonyl (C=O) groups is 1. The topological polar surface area (TPSA) is 122 Å². The van der Waals surface area contributed by atoms with Crippen LogP contribution in [0.25, 0.3) is 11.0 Å². The lowest BCUT2D eigenvalue weighted by Crippen LogP contribution is -2.54. The van der Waals surface area contributed by atoms with Crippen molar-refractivity contribution in [3.8, 4) is 6.07 Å². The molecule has 1 aliphatic carbocycles. The Morgan fingerprint density at radius 3 is 2.74 bits per heavy atom. The van der Waals surface area contributed by atoms with Crippen LogP contribution >= 0.6 is 0 Å². The van der Waals surface area contributed by atoms with Crippen molar-refractivity contribution in [3.63, 3.8) is 0 Å². The van der Waals surface area contributed by atoms with E-state index in [9.17, 15) is 20.3 Å². The standard InChI is InChI=1S/C26H27N5O3/c1-14-9-19(15(2)28-20-6-4-3-5-18(20)26(33)34)24-21(10-14)29-22(12-27)25(30-24)31-13-16-7-8-17(31)11-23(16)32/h3-6,9-10,15-17,23,28,32H,7-8,11,13H2,1-2H3,(H,33,34)/t15-,16?,17?,23?/m1/s1. The van der Waals surface area contributed by atoms with Gasteiger partial charge in [0.1, 0.15) is 6.07 Å². The molecule has 0 spiro atoms. The van der Waals surface area contributed by atoms with Crippen LogP contribution in [0.3, 0.4) is 0 Å². The number of rotatable bonds is 5. The molecule has 2 aromatic carbocycles. The minimum atomic E-state index is -0.993. The lowest BCUT2D eigenvalue weighted by Gasteiger charge is -2.48. The fourth-order valence-corrected chi connectivity index (χ4v) is 5.38. The first-order valence-corrected chi connectivity index (χ1v) is 11.6. The minimum absolute atomic E-state index is 0.144. The Kier molecular flexibility index (Phi) is 5.58. The van der Waals surface area contributed by atoms with Gasteiger partial charge < -0.3 is 20.4 Å². The van der Waals surface area contributed by atoms with Crippen LogP contribution in [-0.4, -0.2) is 44.8 Å². The van der Waals surface area contributed by atoms with E-state index in [1.54, 1.807) is 24.3 Å². The molecule has 6 rings (SSSR count). The van der Waals surface area contributed by atoms with E-state index < -0.39 is 5.97 Å². The van der Waals surface area contributed by atoms with E-state index in [-0.39, 0.29) is 29.7 Å². The Morgan fingerprint density at radius 1 is 1.26 bits per heavy atom. The second-order valence-electron chi connectivity index (χ2n) is 9.39. The van der Waals surface area contributed by atoms with Crippen LogP contribution in [0, 0.1) is 24.2 Å². The van der Waals surface area contributed by atoms with Gasteiger partial charge >= 0.3 is 5.97 Å². The van der Waals surface area contributed by atoms with Gasteiger partial charge in [-0.05, 0) is 56.9 Å². The summed E-state index contributed by atoms with van der Waals surface area (Å²) >= 11 is 0. The summed E-state index contributed by atoms with van der Waals surface area (Å²) in [4.78, 5) is 23.5. The van der Waals surface area contributed by atoms with E-state index in [0.29, 0.717) is 41.2 Å². The highest BCUT2D eigenvalue weighted by Crippen LogP contribution is 2.39. The number of hydrogen-bond donors (Lipinski definition) is 3. The van der Waals surface area contributed by atoms with Crippen LogP contribution in [0.1, 0.15) is 59.4 Å². The normalized spacial score (nSPS) is 22.4. The molecule has 8 heteroatoms. The van der Waals surface area contributed by atoms with Gasteiger partial charge in [-0.25, -0.2) is 14.8 Å². The van der Waals surface area contributed by atoms with Crippen LogP contribution in [0.15, 0.2) is 36.4 Å². The van der Waals surface area contributed by atoms with Gasteiger partial charge in [0.25, 0.3) is 0 Å². The molecule has 3 aliphatic rings. The van der Waals surface area contributed by atoms with E-state index in [0.717, 1.165) is 24.0 Å². The van der Waals surface area contributed by atoms with Crippen LogP contribution in [0.4, 0.5) is 11.5 Å². The van der Waals surface area contributed by atoms with E-state index in [1.807, 2.05) is 26.0 Å². The van der Waals surface area contributed by atoms with Crippen molar-refractivity contribution in [2.24, 2.45) is 5.92 Å². The average Bonchev–Trinajstić information content (AvgIpc) is 2.83. The van der Waals surface area contributed by atoms with Crippen LogP contribution in [0.2, 0.25) is 0 Å². The molecular weight excluding hydrogens is 430 g/mol. The second-order valence-corrected chi connectivity index (χ2v) is 9.39. The van der Waals surface area contributed by atoms with Crippen molar-refractivity contribution in [2.75, 3.05) is 16.8 Å². The third-order valence-corrected chi connectivity index (χ3v) is 7.10. The Balaban J connectivity index is 1.58. The second kappa shape index (κ2) is 8.58. The summed E-state index contributed by atoms with van der Waals surface area (Å²) in [6, 6.07) is 12.9. The van der Waals surface area contributed by atoms with Gasteiger partial charge in [0.05, 0.1) is 28.7 Å². The quantitative estimate of drug-likeness (QED) is 0.525. The summed E-state index contributed by atoms with van der Waals surface area (Å²) in [5.74, 6) is -0.244. The molecule has 2 aliphatic heterocycles. The van der Waals surface area contributed by atoms with Crippen molar-refractivity contribution in [1.82, 2.24) is 9.97 Å². The average molecular weight is 458 g/mol. The van der Waals surface area contributed by atoms with E-state index >= 15 is 0 Å². The fourth-order valence-electron chi connectivity index (χ4n) is 5.38. The summed E-state index contributed by atoms with van der Waals surface area (Å²) < 4.78 is 0. The maximum Gasteiger partial charge on any atom is 0.337 e. The molecule has 2 bridgehead atoms. The van der Waals surface area contributed by atoms with E-state index in [4.69, 9.17) is 4.98 Å². The number of carboxylic acid groups (broad SMARTS) is 1. The lowest BCUT2D eigenvalue weighted by molar-refractivity contribution is 0.0370. The molecule has 3 aromatic rings. The number of fused-ring (bicyclic) bond motifs is 4. The monoisotopic (exact) mass is 457 g/mol. The number of aliphatic hydroxyl groups excluding tert-OH is 1. The highest BCUT2D eigenvalue weighted by atomic mass is 16.4. The third-order valence-electron chi connectivity index (χ3n) is 7.10.